The van der Waals surface area contributed by atoms with Gasteiger partial charge in [0.2, 0.25) is 0 Å². The predicted octanol–water partition coefficient (Wildman–Crippen LogP) is 3.96. The minimum Gasteiger partial charge on any atom is -0.301 e. The minimum absolute atomic E-state index is 0.143. The number of hydrogen-bond acceptors (Lipinski definition) is 2. The van der Waals surface area contributed by atoms with Crippen molar-refractivity contribution in [1.82, 2.24) is 5.32 Å². The molecule has 1 heterocycles. The van der Waals surface area contributed by atoms with Crippen LogP contribution in [0.1, 0.15) is 53.6 Å². The molecule has 22 heavy (non-hydrogen) atoms. The van der Waals surface area contributed by atoms with Crippen molar-refractivity contribution < 1.29 is 4.79 Å². The molecule has 0 amide bonds. The SMILES string of the molecule is CCCCc1ccc(Cc2cccc3c2C(C=O)NC3)cc1. The summed E-state index contributed by atoms with van der Waals surface area (Å²) < 4.78 is 0. The van der Waals surface area contributed by atoms with Crippen LogP contribution in [0.5, 0.6) is 0 Å². The average molecular weight is 293 g/mol. The zero-order valence-corrected chi connectivity index (χ0v) is 13.1. The van der Waals surface area contributed by atoms with Crippen LogP contribution in [0, 0.1) is 0 Å². The van der Waals surface area contributed by atoms with E-state index in [9.17, 15) is 4.79 Å². The Morgan fingerprint density at radius 1 is 1.14 bits per heavy atom. The zero-order valence-electron chi connectivity index (χ0n) is 13.1. The van der Waals surface area contributed by atoms with Gasteiger partial charge < -0.3 is 4.79 Å². The number of rotatable bonds is 6. The largest absolute Gasteiger partial charge is 0.301 e. The summed E-state index contributed by atoms with van der Waals surface area (Å²) >= 11 is 0. The van der Waals surface area contributed by atoms with Crippen molar-refractivity contribution >= 4 is 6.29 Å². The number of unbranched alkanes of at least 4 members (excludes halogenated alkanes) is 1. The van der Waals surface area contributed by atoms with Gasteiger partial charge in [-0.25, -0.2) is 0 Å². The molecule has 2 nitrogen and oxygen atoms in total. The van der Waals surface area contributed by atoms with E-state index in [2.05, 4.69) is 54.7 Å². The monoisotopic (exact) mass is 293 g/mol. The summed E-state index contributed by atoms with van der Waals surface area (Å²) in [6.45, 7) is 3.02. The quantitative estimate of drug-likeness (QED) is 0.817. The molecule has 1 aliphatic rings. The van der Waals surface area contributed by atoms with Crippen molar-refractivity contribution in [3.63, 3.8) is 0 Å². The summed E-state index contributed by atoms with van der Waals surface area (Å²) in [4.78, 5) is 11.3. The lowest BCUT2D eigenvalue weighted by atomic mass is 9.93. The smallest absolute Gasteiger partial charge is 0.141 e. The van der Waals surface area contributed by atoms with Gasteiger partial charge in [-0.05, 0) is 47.1 Å². The molecule has 0 radical (unpaired) electrons. The van der Waals surface area contributed by atoms with E-state index in [4.69, 9.17) is 0 Å². The van der Waals surface area contributed by atoms with Crippen LogP contribution in [0.15, 0.2) is 42.5 Å². The second kappa shape index (κ2) is 6.89. The molecule has 2 heteroatoms. The van der Waals surface area contributed by atoms with Gasteiger partial charge in [-0.2, -0.15) is 0 Å². The summed E-state index contributed by atoms with van der Waals surface area (Å²) in [7, 11) is 0. The zero-order chi connectivity index (χ0) is 15.4. The van der Waals surface area contributed by atoms with E-state index in [1.807, 2.05) is 0 Å². The number of carbonyl (C=O) groups excluding carboxylic acids is 1. The van der Waals surface area contributed by atoms with E-state index in [0.29, 0.717) is 0 Å². The number of fused-ring (bicyclic) bond motifs is 1. The third kappa shape index (κ3) is 3.12. The van der Waals surface area contributed by atoms with Crippen LogP contribution < -0.4 is 5.32 Å². The lowest BCUT2D eigenvalue weighted by Crippen LogP contribution is -2.14. The third-order valence-corrected chi connectivity index (χ3v) is 4.48. The van der Waals surface area contributed by atoms with Crippen LogP contribution in [0.4, 0.5) is 0 Å². The number of carbonyl (C=O) groups is 1. The molecule has 2 aromatic rings. The van der Waals surface area contributed by atoms with Crippen molar-refractivity contribution in [1.29, 1.82) is 0 Å². The highest BCUT2D eigenvalue weighted by molar-refractivity contribution is 5.66. The summed E-state index contributed by atoms with van der Waals surface area (Å²) in [6.07, 6.45) is 5.55. The second-order valence-corrected chi connectivity index (χ2v) is 6.08. The number of aryl methyl sites for hydroxylation is 1. The van der Waals surface area contributed by atoms with Crippen LogP contribution in [0.25, 0.3) is 0 Å². The molecule has 1 atom stereocenters. The highest BCUT2D eigenvalue weighted by atomic mass is 16.1. The highest BCUT2D eigenvalue weighted by Crippen LogP contribution is 2.29. The van der Waals surface area contributed by atoms with E-state index in [-0.39, 0.29) is 6.04 Å². The molecule has 114 valence electrons. The topological polar surface area (TPSA) is 29.1 Å². The highest BCUT2D eigenvalue weighted by Gasteiger charge is 2.23. The first-order chi connectivity index (χ1) is 10.8. The fraction of sp³-hybridized carbons (Fsp3) is 0.350. The van der Waals surface area contributed by atoms with Crippen molar-refractivity contribution in [2.45, 2.75) is 45.2 Å². The molecule has 1 N–H and O–H groups in total. The van der Waals surface area contributed by atoms with Crippen molar-refractivity contribution in [3.05, 3.63) is 70.3 Å². The maximum Gasteiger partial charge on any atom is 0.141 e. The molecule has 0 aromatic heterocycles. The van der Waals surface area contributed by atoms with Gasteiger partial charge in [-0.1, -0.05) is 55.8 Å². The van der Waals surface area contributed by atoms with Crippen molar-refractivity contribution in [3.8, 4) is 0 Å². The molecular weight excluding hydrogens is 270 g/mol. The molecule has 0 spiro atoms. The maximum absolute atomic E-state index is 11.3. The number of nitrogens with one attached hydrogen (secondary N) is 1. The van der Waals surface area contributed by atoms with Gasteiger partial charge in [0.1, 0.15) is 6.29 Å². The minimum atomic E-state index is -0.143. The Morgan fingerprint density at radius 2 is 1.91 bits per heavy atom. The van der Waals surface area contributed by atoms with Gasteiger partial charge >= 0.3 is 0 Å². The average Bonchev–Trinajstić information content (AvgIpc) is 2.98. The molecule has 0 bridgehead atoms. The fourth-order valence-electron chi connectivity index (χ4n) is 3.24. The van der Waals surface area contributed by atoms with Crippen molar-refractivity contribution in [2.24, 2.45) is 0 Å². The normalized spacial score (nSPS) is 16.5. The molecule has 2 aromatic carbocycles. The Kier molecular flexibility index (Phi) is 4.69. The van der Waals surface area contributed by atoms with Crippen LogP contribution in [-0.2, 0) is 24.2 Å². The van der Waals surface area contributed by atoms with Gasteiger partial charge in [-0.15, -0.1) is 0 Å². The number of aldehydes is 1. The maximum atomic E-state index is 11.3. The van der Waals surface area contributed by atoms with E-state index in [0.717, 1.165) is 25.7 Å². The van der Waals surface area contributed by atoms with Crippen LogP contribution in [-0.4, -0.2) is 6.29 Å². The first kappa shape index (κ1) is 15.0. The Bertz CT molecular complexity index is 645. The lowest BCUT2D eigenvalue weighted by Gasteiger charge is -2.12. The Hall–Kier alpha value is -1.93. The number of hydrogen-bond donors (Lipinski definition) is 1. The molecule has 0 fully saturated rings. The molecule has 1 aliphatic heterocycles. The standard InChI is InChI=1S/C20H23NO/c1-2-3-5-15-8-10-16(11-9-15)12-17-6-4-7-18-13-21-19(14-22)20(17)18/h4,6-11,14,19,21H,2-3,5,12-13H2,1H3. The molecule has 0 saturated carbocycles. The first-order valence-corrected chi connectivity index (χ1v) is 8.19. The molecular formula is C20H23NO. The molecule has 1 unspecified atom stereocenters. The summed E-state index contributed by atoms with van der Waals surface area (Å²) in [5.74, 6) is 0. The van der Waals surface area contributed by atoms with Gasteiger partial charge in [0.25, 0.3) is 0 Å². The Balaban J connectivity index is 1.79. The van der Waals surface area contributed by atoms with Crippen LogP contribution >= 0.6 is 0 Å². The van der Waals surface area contributed by atoms with Gasteiger partial charge in [-0.3, -0.25) is 5.32 Å². The number of benzene rings is 2. The summed E-state index contributed by atoms with van der Waals surface area (Å²) in [5, 5.41) is 3.26. The summed E-state index contributed by atoms with van der Waals surface area (Å²) in [6, 6.07) is 15.1. The van der Waals surface area contributed by atoms with Gasteiger partial charge in [0.15, 0.2) is 0 Å². The first-order valence-electron chi connectivity index (χ1n) is 8.19. The van der Waals surface area contributed by atoms with Crippen LogP contribution in [0.2, 0.25) is 0 Å². The Labute approximate surface area is 132 Å². The van der Waals surface area contributed by atoms with E-state index >= 15 is 0 Å². The lowest BCUT2D eigenvalue weighted by molar-refractivity contribution is -0.109. The van der Waals surface area contributed by atoms with E-state index in [1.54, 1.807) is 0 Å². The van der Waals surface area contributed by atoms with Crippen LogP contribution in [0.3, 0.4) is 0 Å². The molecule has 0 aliphatic carbocycles. The molecule has 3 rings (SSSR count). The third-order valence-electron chi connectivity index (χ3n) is 4.48. The second-order valence-electron chi connectivity index (χ2n) is 6.08. The predicted molar refractivity (Wildman–Crippen MR) is 89.9 cm³/mol. The van der Waals surface area contributed by atoms with Crippen molar-refractivity contribution in [2.75, 3.05) is 0 Å². The van der Waals surface area contributed by atoms with Gasteiger partial charge in [0.05, 0.1) is 6.04 Å². The molecule has 0 saturated heterocycles. The van der Waals surface area contributed by atoms with E-state index in [1.165, 1.54) is 40.7 Å². The Morgan fingerprint density at radius 3 is 2.64 bits per heavy atom. The summed E-state index contributed by atoms with van der Waals surface area (Å²) in [5.41, 5.74) is 6.43. The fourth-order valence-corrected chi connectivity index (χ4v) is 3.24. The van der Waals surface area contributed by atoms with E-state index < -0.39 is 0 Å². The van der Waals surface area contributed by atoms with Gasteiger partial charge in [0, 0.05) is 6.54 Å².